The molecule has 0 saturated heterocycles. The van der Waals surface area contributed by atoms with E-state index in [4.69, 9.17) is 4.74 Å². The zero-order valence-corrected chi connectivity index (χ0v) is 10.7. The van der Waals surface area contributed by atoms with Crippen LogP contribution in [0.5, 0.6) is 5.75 Å². The Morgan fingerprint density at radius 1 is 0.947 bits per heavy atom. The monoisotopic (exact) mass is 252 g/mol. The third kappa shape index (κ3) is 4.80. The van der Waals surface area contributed by atoms with Crippen molar-refractivity contribution < 1.29 is 9.53 Å². The van der Waals surface area contributed by atoms with E-state index in [1.165, 1.54) is 0 Å². The van der Waals surface area contributed by atoms with E-state index >= 15 is 0 Å². The highest BCUT2D eigenvalue weighted by atomic mass is 16.5. The maximum absolute atomic E-state index is 11.6. The van der Waals surface area contributed by atoms with Gasteiger partial charge in [-0.05, 0) is 24.1 Å². The molecule has 19 heavy (non-hydrogen) atoms. The van der Waals surface area contributed by atoms with Gasteiger partial charge in [0.2, 0.25) is 0 Å². The molecule has 2 aromatic rings. The largest absolute Gasteiger partial charge is 0.427 e. The van der Waals surface area contributed by atoms with Gasteiger partial charge in [0.05, 0.1) is 0 Å². The number of hydrogen-bond acceptors (Lipinski definition) is 2. The molecule has 0 saturated carbocycles. The quantitative estimate of drug-likeness (QED) is 0.592. The van der Waals surface area contributed by atoms with E-state index in [0.717, 1.165) is 5.56 Å². The molecule has 0 amide bonds. The number of allylic oxidation sites excluding steroid dienone is 1. The standard InChI is InChI=1S/C17H16O2/c18-17(19-16-12-5-2-6-13-16)14-8-7-11-15-9-3-1-4-10-15/h1-7,9-13H,8,14H2. The molecule has 2 aromatic carbocycles. The van der Waals surface area contributed by atoms with Crippen molar-refractivity contribution in [1.29, 1.82) is 0 Å². The summed E-state index contributed by atoms with van der Waals surface area (Å²) in [6, 6.07) is 19.1. The van der Waals surface area contributed by atoms with Gasteiger partial charge in [-0.25, -0.2) is 0 Å². The average molecular weight is 252 g/mol. The van der Waals surface area contributed by atoms with Crippen LogP contribution in [-0.4, -0.2) is 5.97 Å². The summed E-state index contributed by atoms with van der Waals surface area (Å²) in [7, 11) is 0. The van der Waals surface area contributed by atoms with Crippen molar-refractivity contribution in [3.05, 3.63) is 72.3 Å². The molecule has 0 heterocycles. The summed E-state index contributed by atoms with van der Waals surface area (Å²) in [6.45, 7) is 0. The first kappa shape index (κ1) is 13.1. The van der Waals surface area contributed by atoms with Crippen LogP contribution in [0.2, 0.25) is 0 Å². The minimum atomic E-state index is -0.205. The van der Waals surface area contributed by atoms with Gasteiger partial charge < -0.3 is 4.74 Å². The molecule has 2 nitrogen and oxygen atoms in total. The van der Waals surface area contributed by atoms with Crippen LogP contribution in [0.25, 0.3) is 6.08 Å². The first-order valence-corrected chi connectivity index (χ1v) is 6.32. The molecule has 2 heteroatoms. The fourth-order valence-electron chi connectivity index (χ4n) is 1.66. The minimum Gasteiger partial charge on any atom is -0.427 e. The minimum absolute atomic E-state index is 0.205. The highest BCUT2D eigenvalue weighted by Gasteiger charge is 2.02. The number of benzene rings is 2. The normalized spacial score (nSPS) is 10.5. The van der Waals surface area contributed by atoms with Crippen molar-refractivity contribution >= 4 is 12.0 Å². The Morgan fingerprint density at radius 3 is 2.26 bits per heavy atom. The SMILES string of the molecule is O=C(CCC=Cc1ccccc1)Oc1ccccc1. The number of ether oxygens (including phenoxy) is 1. The molecule has 0 aromatic heterocycles. The third-order valence-corrected chi connectivity index (χ3v) is 2.60. The summed E-state index contributed by atoms with van der Waals surface area (Å²) in [5.74, 6) is 0.392. The summed E-state index contributed by atoms with van der Waals surface area (Å²) in [6.07, 6.45) is 5.07. The molecule has 2 rings (SSSR count). The zero-order chi connectivity index (χ0) is 13.3. The van der Waals surface area contributed by atoms with Crippen molar-refractivity contribution in [2.24, 2.45) is 0 Å². The summed E-state index contributed by atoms with van der Waals surface area (Å²) >= 11 is 0. The van der Waals surface area contributed by atoms with Crippen LogP contribution < -0.4 is 4.74 Å². The van der Waals surface area contributed by atoms with Gasteiger partial charge in [0, 0.05) is 6.42 Å². The molecular formula is C17H16O2. The summed E-state index contributed by atoms with van der Waals surface area (Å²) in [5.41, 5.74) is 1.14. The lowest BCUT2D eigenvalue weighted by Gasteiger charge is -2.02. The van der Waals surface area contributed by atoms with Crippen LogP contribution in [0.15, 0.2) is 66.7 Å². The van der Waals surface area contributed by atoms with Crippen molar-refractivity contribution in [3.8, 4) is 5.75 Å². The molecule has 96 valence electrons. The molecule has 0 spiro atoms. The number of hydrogen-bond donors (Lipinski definition) is 0. The third-order valence-electron chi connectivity index (χ3n) is 2.60. The van der Waals surface area contributed by atoms with E-state index in [1.54, 1.807) is 12.1 Å². The highest BCUT2D eigenvalue weighted by molar-refractivity contribution is 5.72. The number of carbonyl (C=O) groups excluding carboxylic acids is 1. The smallest absolute Gasteiger partial charge is 0.311 e. The second-order valence-corrected chi connectivity index (χ2v) is 4.14. The van der Waals surface area contributed by atoms with Gasteiger partial charge in [-0.2, -0.15) is 0 Å². The average Bonchev–Trinajstić information content (AvgIpc) is 2.46. The fraction of sp³-hybridized carbons (Fsp3) is 0.118. The van der Waals surface area contributed by atoms with E-state index in [0.29, 0.717) is 18.6 Å². The Hall–Kier alpha value is -2.35. The van der Waals surface area contributed by atoms with Crippen molar-refractivity contribution in [2.75, 3.05) is 0 Å². The topological polar surface area (TPSA) is 26.3 Å². The predicted octanol–water partition coefficient (Wildman–Crippen LogP) is 4.09. The lowest BCUT2D eigenvalue weighted by molar-refractivity contribution is -0.134. The Bertz CT molecular complexity index is 530. The van der Waals surface area contributed by atoms with E-state index in [9.17, 15) is 4.79 Å². The molecule has 0 aliphatic carbocycles. The molecular weight excluding hydrogens is 236 g/mol. The van der Waals surface area contributed by atoms with E-state index in [1.807, 2.05) is 60.7 Å². The predicted molar refractivity (Wildman–Crippen MR) is 76.8 cm³/mol. The summed E-state index contributed by atoms with van der Waals surface area (Å²) < 4.78 is 5.19. The van der Waals surface area contributed by atoms with Gasteiger partial charge in [-0.15, -0.1) is 0 Å². The molecule has 0 radical (unpaired) electrons. The van der Waals surface area contributed by atoms with Crippen molar-refractivity contribution in [1.82, 2.24) is 0 Å². The molecule has 0 unspecified atom stereocenters. The van der Waals surface area contributed by atoms with E-state index in [2.05, 4.69) is 0 Å². The van der Waals surface area contributed by atoms with Gasteiger partial charge in [-0.3, -0.25) is 4.79 Å². The molecule has 0 bridgehead atoms. The lowest BCUT2D eigenvalue weighted by atomic mass is 10.2. The number of carbonyl (C=O) groups is 1. The number of rotatable bonds is 5. The number of esters is 1. The van der Waals surface area contributed by atoms with E-state index in [-0.39, 0.29) is 5.97 Å². The van der Waals surface area contributed by atoms with Crippen LogP contribution >= 0.6 is 0 Å². The Balaban J connectivity index is 1.74. The van der Waals surface area contributed by atoms with Gasteiger partial charge in [0.1, 0.15) is 5.75 Å². The maximum atomic E-state index is 11.6. The second kappa shape index (κ2) is 7.17. The number of para-hydroxylation sites is 1. The van der Waals surface area contributed by atoms with Crippen LogP contribution in [0.3, 0.4) is 0 Å². The Morgan fingerprint density at radius 2 is 1.58 bits per heavy atom. The summed E-state index contributed by atoms with van der Waals surface area (Å²) in [5, 5.41) is 0. The first-order valence-electron chi connectivity index (χ1n) is 6.32. The van der Waals surface area contributed by atoms with Crippen molar-refractivity contribution in [3.63, 3.8) is 0 Å². The maximum Gasteiger partial charge on any atom is 0.311 e. The van der Waals surface area contributed by atoms with Gasteiger partial charge in [-0.1, -0.05) is 60.7 Å². The van der Waals surface area contributed by atoms with E-state index < -0.39 is 0 Å². The first-order chi connectivity index (χ1) is 9.34. The molecule has 0 aliphatic heterocycles. The van der Waals surface area contributed by atoms with Gasteiger partial charge in [0.25, 0.3) is 0 Å². The van der Waals surface area contributed by atoms with Crippen LogP contribution in [0.4, 0.5) is 0 Å². The second-order valence-electron chi connectivity index (χ2n) is 4.14. The summed E-state index contributed by atoms with van der Waals surface area (Å²) in [4.78, 5) is 11.6. The van der Waals surface area contributed by atoms with Crippen LogP contribution in [-0.2, 0) is 4.79 Å². The van der Waals surface area contributed by atoms with Crippen LogP contribution in [0.1, 0.15) is 18.4 Å². The fourth-order valence-corrected chi connectivity index (χ4v) is 1.66. The van der Waals surface area contributed by atoms with Gasteiger partial charge >= 0.3 is 5.97 Å². The zero-order valence-electron chi connectivity index (χ0n) is 10.7. The molecule has 0 fully saturated rings. The molecule has 0 atom stereocenters. The molecule has 0 aliphatic rings. The Kier molecular flexibility index (Phi) is 4.94. The highest BCUT2D eigenvalue weighted by Crippen LogP contribution is 2.10. The molecule has 0 N–H and O–H groups in total. The lowest BCUT2D eigenvalue weighted by Crippen LogP contribution is -2.06. The van der Waals surface area contributed by atoms with Crippen molar-refractivity contribution in [2.45, 2.75) is 12.8 Å². The van der Waals surface area contributed by atoms with Gasteiger partial charge in [0.15, 0.2) is 0 Å². The Labute approximate surface area is 113 Å². The van der Waals surface area contributed by atoms with Crippen LogP contribution in [0, 0.1) is 0 Å².